The Kier molecular flexibility index (Phi) is 22.8. The molecule has 31 heavy (non-hydrogen) atoms. The van der Waals surface area contributed by atoms with E-state index in [9.17, 15) is 0 Å². The van der Waals surface area contributed by atoms with Gasteiger partial charge in [-0.3, -0.25) is 0 Å². The molecule has 0 atom stereocenters. The third-order valence-electron chi connectivity index (χ3n) is 3.22. The average molecular weight is 407 g/mol. The lowest BCUT2D eigenvalue weighted by Crippen LogP contribution is -1.54. The molecule has 0 spiro atoms. The molecule has 0 radical (unpaired) electrons. The third kappa shape index (κ3) is 26.1. The fourth-order valence-electron chi connectivity index (χ4n) is 1.79. The monoisotopic (exact) mass is 406 g/mol. The number of allylic oxidation sites excluding steroid dienone is 29. The Labute approximate surface area is 189 Å². The quantitative estimate of drug-likeness (QED) is 0.252. The molecule has 0 rings (SSSR count). The van der Waals surface area contributed by atoms with Crippen LogP contribution in [0.2, 0.25) is 0 Å². The summed E-state index contributed by atoms with van der Waals surface area (Å²) in [5.41, 5.74) is 0. The van der Waals surface area contributed by atoms with Crippen molar-refractivity contribution in [2.24, 2.45) is 0 Å². The summed E-state index contributed by atoms with van der Waals surface area (Å²) in [6.45, 7) is 5.61. The summed E-state index contributed by atoms with van der Waals surface area (Å²) in [6.07, 6.45) is 57.4. The van der Waals surface area contributed by atoms with Crippen LogP contribution in [0.1, 0.15) is 6.92 Å². The van der Waals surface area contributed by atoms with Gasteiger partial charge in [-0.15, -0.1) is 0 Å². The van der Waals surface area contributed by atoms with Crippen molar-refractivity contribution in [3.8, 4) is 0 Å². The molecule has 0 aromatic heterocycles. The molecule has 0 aliphatic carbocycles. The lowest BCUT2D eigenvalue weighted by atomic mass is 10.3. The minimum absolute atomic E-state index is 1.75. The Morgan fingerprint density at radius 3 is 0.581 bits per heavy atom. The van der Waals surface area contributed by atoms with Crippen molar-refractivity contribution in [3.63, 3.8) is 0 Å². The molecule has 0 saturated heterocycles. The molecule has 158 valence electrons. The fourth-order valence-corrected chi connectivity index (χ4v) is 1.79. The van der Waals surface area contributed by atoms with Gasteiger partial charge in [0.2, 0.25) is 0 Å². The molecule has 0 N–H and O–H groups in total. The van der Waals surface area contributed by atoms with Crippen LogP contribution in [0.3, 0.4) is 0 Å². The van der Waals surface area contributed by atoms with Crippen LogP contribution in [0.15, 0.2) is 183 Å². The number of hydrogen-bond acceptors (Lipinski definition) is 0. The highest BCUT2D eigenvalue weighted by Gasteiger charge is 1.66. The van der Waals surface area contributed by atoms with Crippen molar-refractivity contribution in [1.29, 1.82) is 0 Å². The summed E-state index contributed by atoms with van der Waals surface area (Å²) in [5, 5.41) is 0. The van der Waals surface area contributed by atoms with Crippen LogP contribution < -0.4 is 0 Å². The standard InChI is InChI=1S/C31H34/c1-3-5-7-9-11-13-15-17-19-21-23-25-27-29-31-30-28-26-24-22-20-18-16-14-12-10-8-6-4-2/h3-31H,1H2,2H3. The molecule has 0 aromatic carbocycles. The summed E-state index contributed by atoms with van der Waals surface area (Å²) in [5.74, 6) is 0. The number of rotatable bonds is 14. The summed E-state index contributed by atoms with van der Waals surface area (Å²) in [7, 11) is 0. The van der Waals surface area contributed by atoms with Crippen LogP contribution in [-0.2, 0) is 0 Å². The van der Waals surface area contributed by atoms with E-state index in [2.05, 4.69) is 6.58 Å². The van der Waals surface area contributed by atoms with Gasteiger partial charge >= 0.3 is 0 Å². The Hall–Kier alpha value is -3.90. The highest BCUT2D eigenvalue weighted by Crippen LogP contribution is 1.88. The summed E-state index contributed by atoms with van der Waals surface area (Å²) >= 11 is 0. The van der Waals surface area contributed by atoms with Gasteiger partial charge in [-0.05, 0) is 6.92 Å². The molecule has 0 saturated carbocycles. The van der Waals surface area contributed by atoms with E-state index in [1.165, 1.54) is 0 Å². The predicted molar refractivity (Wildman–Crippen MR) is 144 cm³/mol. The van der Waals surface area contributed by atoms with Crippen molar-refractivity contribution in [2.75, 3.05) is 0 Å². The Morgan fingerprint density at radius 2 is 0.419 bits per heavy atom. The molecule has 0 nitrogen and oxygen atoms in total. The summed E-state index contributed by atoms with van der Waals surface area (Å²) in [4.78, 5) is 0. The molecular weight excluding hydrogens is 372 g/mol. The van der Waals surface area contributed by atoms with E-state index in [-0.39, 0.29) is 0 Å². The third-order valence-corrected chi connectivity index (χ3v) is 3.22. The molecule has 0 amide bonds. The first-order chi connectivity index (χ1) is 15.4. The highest BCUT2D eigenvalue weighted by atomic mass is 13.7. The Bertz CT molecular complexity index is 846. The van der Waals surface area contributed by atoms with E-state index < -0.39 is 0 Å². The lowest BCUT2D eigenvalue weighted by molar-refractivity contribution is 1.73. The van der Waals surface area contributed by atoms with Crippen molar-refractivity contribution in [3.05, 3.63) is 183 Å². The van der Waals surface area contributed by atoms with E-state index in [0.717, 1.165) is 0 Å². The molecule has 0 heterocycles. The van der Waals surface area contributed by atoms with E-state index in [1.54, 1.807) is 6.08 Å². The predicted octanol–water partition coefficient (Wildman–Crippen LogP) is 8.98. The van der Waals surface area contributed by atoms with Crippen LogP contribution in [0, 0.1) is 0 Å². The molecule has 0 unspecified atom stereocenters. The van der Waals surface area contributed by atoms with Crippen molar-refractivity contribution in [2.45, 2.75) is 6.92 Å². The van der Waals surface area contributed by atoms with Gasteiger partial charge in [-0.1, -0.05) is 183 Å². The van der Waals surface area contributed by atoms with Crippen molar-refractivity contribution < 1.29 is 0 Å². The fraction of sp³-hybridized carbons (Fsp3) is 0.0323. The van der Waals surface area contributed by atoms with Gasteiger partial charge in [0.05, 0.1) is 0 Å². The molecule has 0 aliphatic rings. The van der Waals surface area contributed by atoms with Crippen LogP contribution in [0.4, 0.5) is 0 Å². The zero-order chi connectivity index (χ0) is 22.5. The van der Waals surface area contributed by atoms with E-state index in [0.29, 0.717) is 0 Å². The first-order valence-corrected chi connectivity index (χ1v) is 10.3. The molecule has 0 fully saturated rings. The van der Waals surface area contributed by atoms with Gasteiger partial charge in [-0.25, -0.2) is 0 Å². The van der Waals surface area contributed by atoms with Gasteiger partial charge in [0.15, 0.2) is 0 Å². The average Bonchev–Trinajstić information content (AvgIpc) is 2.78. The smallest absolute Gasteiger partial charge is 0.0467 e. The minimum atomic E-state index is 1.75. The van der Waals surface area contributed by atoms with Gasteiger partial charge in [0.1, 0.15) is 0 Å². The maximum Gasteiger partial charge on any atom is -0.0467 e. The normalized spacial score (nSPS) is 14.9. The minimum Gasteiger partial charge on any atom is -0.0991 e. The van der Waals surface area contributed by atoms with E-state index in [1.807, 2.05) is 177 Å². The second-order valence-electron chi connectivity index (χ2n) is 5.77. The van der Waals surface area contributed by atoms with Crippen LogP contribution >= 0.6 is 0 Å². The molecular formula is C31H34. The topological polar surface area (TPSA) is 0 Å². The van der Waals surface area contributed by atoms with Crippen LogP contribution in [0.25, 0.3) is 0 Å². The summed E-state index contributed by atoms with van der Waals surface area (Å²) in [6, 6.07) is 0. The lowest BCUT2D eigenvalue weighted by Gasteiger charge is -1.76. The van der Waals surface area contributed by atoms with Crippen molar-refractivity contribution >= 4 is 0 Å². The zero-order valence-electron chi connectivity index (χ0n) is 18.5. The maximum atomic E-state index is 3.61. The molecule has 0 bridgehead atoms. The molecule has 0 heteroatoms. The van der Waals surface area contributed by atoms with Gasteiger partial charge in [-0.2, -0.15) is 0 Å². The zero-order valence-corrected chi connectivity index (χ0v) is 18.5. The van der Waals surface area contributed by atoms with Gasteiger partial charge < -0.3 is 0 Å². The SMILES string of the molecule is C=CC=CC=CC=CC=CC=CC=CC=CC=CC=CC=CC=CC=CC=CC=CC. The first kappa shape index (κ1) is 27.1. The largest absolute Gasteiger partial charge is 0.0991 e. The second kappa shape index (κ2) is 26.1. The van der Waals surface area contributed by atoms with Gasteiger partial charge in [0, 0.05) is 0 Å². The number of hydrogen-bond donors (Lipinski definition) is 0. The maximum absolute atomic E-state index is 3.61. The Morgan fingerprint density at radius 1 is 0.258 bits per heavy atom. The molecule has 0 aromatic rings. The van der Waals surface area contributed by atoms with Crippen LogP contribution in [-0.4, -0.2) is 0 Å². The van der Waals surface area contributed by atoms with Gasteiger partial charge in [0.25, 0.3) is 0 Å². The highest BCUT2D eigenvalue weighted by molar-refractivity contribution is 5.24. The van der Waals surface area contributed by atoms with E-state index in [4.69, 9.17) is 0 Å². The Balaban J connectivity index is 3.97. The molecule has 0 aliphatic heterocycles. The van der Waals surface area contributed by atoms with Crippen molar-refractivity contribution in [1.82, 2.24) is 0 Å². The first-order valence-electron chi connectivity index (χ1n) is 10.3. The summed E-state index contributed by atoms with van der Waals surface area (Å²) < 4.78 is 0. The second-order valence-corrected chi connectivity index (χ2v) is 5.77. The van der Waals surface area contributed by atoms with E-state index >= 15 is 0 Å². The van der Waals surface area contributed by atoms with Crippen LogP contribution in [0.5, 0.6) is 0 Å².